The van der Waals surface area contributed by atoms with E-state index in [-0.39, 0.29) is 5.56 Å². The van der Waals surface area contributed by atoms with Crippen molar-refractivity contribution in [2.75, 3.05) is 0 Å². The van der Waals surface area contributed by atoms with Crippen molar-refractivity contribution in [3.05, 3.63) is 60.9 Å². The molecule has 1 unspecified atom stereocenters. The van der Waals surface area contributed by atoms with E-state index in [1.807, 2.05) is 0 Å². The van der Waals surface area contributed by atoms with Crippen LogP contribution < -0.4 is 11.2 Å². The van der Waals surface area contributed by atoms with Gasteiger partial charge in [-0.1, -0.05) is 17.7 Å². The number of benzene rings is 1. The van der Waals surface area contributed by atoms with Crippen LogP contribution in [0.5, 0.6) is 0 Å². The van der Waals surface area contributed by atoms with Crippen LogP contribution in [-0.2, 0) is 12.4 Å². The zero-order valence-corrected chi connectivity index (χ0v) is 14.4. The van der Waals surface area contributed by atoms with Gasteiger partial charge < -0.3 is 0 Å². The molecule has 0 aliphatic heterocycles. The highest BCUT2D eigenvalue weighted by molar-refractivity contribution is 6.31. The molecule has 0 bridgehead atoms. The lowest BCUT2D eigenvalue weighted by Gasteiger charge is -2.16. The average Bonchev–Trinajstić information content (AvgIpc) is 2.92. The van der Waals surface area contributed by atoms with Crippen molar-refractivity contribution in [1.82, 2.24) is 19.7 Å². The Hall–Kier alpha value is -2.76. The summed E-state index contributed by atoms with van der Waals surface area (Å²) < 4.78 is 79.0. The summed E-state index contributed by atoms with van der Waals surface area (Å²) in [6.07, 6.45) is -9.72. The lowest BCUT2D eigenvalue weighted by Crippen LogP contribution is -2.24. The summed E-state index contributed by atoms with van der Waals surface area (Å²) >= 11 is 5.65. The first-order chi connectivity index (χ1) is 12.8. The molecular weight excluding hydrogens is 418 g/mol. The van der Waals surface area contributed by atoms with E-state index in [2.05, 4.69) is 10.1 Å². The number of alkyl halides is 6. The van der Waals surface area contributed by atoms with Gasteiger partial charge in [-0.25, -0.2) is 9.48 Å². The fraction of sp³-hybridized carbons (Fsp3) is 0.267. The van der Waals surface area contributed by atoms with Crippen molar-refractivity contribution < 1.29 is 26.3 Å². The Bertz CT molecular complexity index is 1170. The Balaban J connectivity index is 2.23. The van der Waals surface area contributed by atoms with Gasteiger partial charge in [0, 0.05) is 0 Å². The lowest BCUT2D eigenvalue weighted by atomic mass is 10.1. The van der Waals surface area contributed by atoms with Crippen LogP contribution in [-0.4, -0.2) is 19.7 Å². The number of fused-ring (bicyclic) bond motifs is 1. The van der Waals surface area contributed by atoms with Crippen molar-refractivity contribution >= 4 is 22.6 Å². The number of rotatable bonds is 2. The Morgan fingerprint density at radius 3 is 2.25 bits per heavy atom. The number of halogens is 7. The minimum atomic E-state index is -5.01. The van der Waals surface area contributed by atoms with E-state index < -0.39 is 57.0 Å². The van der Waals surface area contributed by atoms with Gasteiger partial charge in [-0.05, 0) is 24.6 Å². The van der Waals surface area contributed by atoms with Gasteiger partial charge in [0.1, 0.15) is 11.0 Å². The first-order valence-electron chi connectivity index (χ1n) is 7.49. The molecule has 3 aromatic rings. The highest BCUT2D eigenvalue weighted by Gasteiger charge is 2.39. The molecule has 0 saturated heterocycles. The van der Waals surface area contributed by atoms with E-state index in [9.17, 15) is 35.9 Å². The third-order valence-corrected chi connectivity index (χ3v) is 4.33. The zero-order chi connectivity index (χ0) is 21.0. The van der Waals surface area contributed by atoms with E-state index in [4.69, 9.17) is 11.6 Å². The number of nitrogens with one attached hydrogen (secondary N) is 2. The smallest absolute Gasteiger partial charge is 0.291 e. The summed E-state index contributed by atoms with van der Waals surface area (Å²) in [6.45, 7) is 1.32. The standard InChI is InChI=1S/C15H9ClF6N4O2/c1-5(6-2-3-7(8(16)4-6)14(17,18)19)26-11-9(10(25-26)15(20,21)22)12(27)24-13(28)23-11/h2-5H,1H3,(H2,23,24,27,28). The number of aromatic nitrogens is 4. The Kier molecular flexibility index (Phi) is 4.57. The van der Waals surface area contributed by atoms with E-state index >= 15 is 0 Å². The van der Waals surface area contributed by atoms with Crippen LogP contribution >= 0.6 is 11.6 Å². The molecule has 3 rings (SSSR count). The van der Waals surface area contributed by atoms with Gasteiger partial charge >= 0.3 is 18.0 Å². The number of hydrogen-bond donors (Lipinski definition) is 2. The molecule has 150 valence electrons. The first kappa shape index (κ1) is 20.0. The lowest BCUT2D eigenvalue weighted by molar-refractivity contribution is -0.140. The van der Waals surface area contributed by atoms with Crippen molar-refractivity contribution in [2.24, 2.45) is 0 Å². The number of nitrogens with zero attached hydrogens (tertiary/aromatic N) is 2. The van der Waals surface area contributed by atoms with Gasteiger partial charge in [0.2, 0.25) is 0 Å². The first-order valence-corrected chi connectivity index (χ1v) is 7.87. The molecule has 0 fully saturated rings. The molecule has 1 atom stereocenters. The molecule has 0 amide bonds. The second-order valence-electron chi connectivity index (χ2n) is 5.84. The maximum Gasteiger partial charge on any atom is 0.436 e. The topological polar surface area (TPSA) is 83.5 Å². The minimum Gasteiger partial charge on any atom is -0.291 e. The van der Waals surface area contributed by atoms with Crippen molar-refractivity contribution in [3.63, 3.8) is 0 Å². The molecular formula is C15H9ClF6N4O2. The number of aromatic amines is 2. The largest absolute Gasteiger partial charge is 0.436 e. The SMILES string of the molecule is CC(c1ccc(C(F)(F)F)c(Cl)c1)n1nc(C(F)(F)F)c2c(=O)[nH]c(=O)[nH]c21. The van der Waals surface area contributed by atoms with Crippen LogP contribution in [0.25, 0.3) is 11.0 Å². The van der Waals surface area contributed by atoms with Crippen LogP contribution in [0, 0.1) is 0 Å². The summed E-state index contributed by atoms with van der Waals surface area (Å²) in [4.78, 5) is 27.1. The number of hydrogen-bond acceptors (Lipinski definition) is 3. The summed E-state index contributed by atoms with van der Waals surface area (Å²) in [6, 6.07) is 1.54. The van der Waals surface area contributed by atoms with Crippen LogP contribution in [0.15, 0.2) is 27.8 Å². The quantitative estimate of drug-likeness (QED) is 0.613. The van der Waals surface area contributed by atoms with Gasteiger partial charge in [0.15, 0.2) is 5.69 Å². The molecule has 2 aromatic heterocycles. The van der Waals surface area contributed by atoms with Gasteiger partial charge in [-0.3, -0.25) is 14.8 Å². The van der Waals surface area contributed by atoms with E-state index in [1.165, 1.54) is 6.92 Å². The van der Waals surface area contributed by atoms with Crippen molar-refractivity contribution in [1.29, 1.82) is 0 Å². The van der Waals surface area contributed by atoms with Gasteiger partial charge in [0.05, 0.1) is 16.6 Å². The second kappa shape index (κ2) is 6.40. The van der Waals surface area contributed by atoms with E-state index in [0.717, 1.165) is 12.1 Å². The number of H-pyrrole nitrogens is 2. The molecule has 1 aromatic carbocycles. The van der Waals surface area contributed by atoms with Crippen molar-refractivity contribution in [2.45, 2.75) is 25.3 Å². The zero-order valence-electron chi connectivity index (χ0n) is 13.7. The Morgan fingerprint density at radius 1 is 1.07 bits per heavy atom. The van der Waals surface area contributed by atoms with Crippen molar-refractivity contribution in [3.8, 4) is 0 Å². The van der Waals surface area contributed by atoms with Crippen LogP contribution in [0.4, 0.5) is 26.3 Å². The molecule has 6 nitrogen and oxygen atoms in total. The van der Waals surface area contributed by atoms with Crippen LogP contribution in [0.1, 0.15) is 29.8 Å². The third-order valence-electron chi connectivity index (χ3n) is 4.01. The van der Waals surface area contributed by atoms with E-state index in [0.29, 0.717) is 10.7 Å². The molecule has 2 heterocycles. The Labute approximate surface area is 155 Å². The molecule has 2 N–H and O–H groups in total. The molecule has 0 saturated carbocycles. The minimum absolute atomic E-state index is 0.0808. The summed E-state index contributed by atoms with van der Waals surface area (Å²) in [7, 11) is 0. The fourth-order valence-electron chi connectivity index (χ4n) is 2.71. The Morgan fingerprint density at radius 2 is 1.71 bits per heavy atom. The van der Waals surface area contributed by atoms with Crippen LogP contribution in [0.2, 0.25) is 5.02 Å². The second-order valence-corrected chi connectivity index (χ2v) is 6.24. The monoisotopic (exact) mass is 426 g/mol. The maximum atomic E-state index is 13.3. The molecule has 28 heavy (non-hydrogen) atoms. The normalized spacial score (nSPS) is 13.9. The summed E-state index contributed by atoms with van der Waals surface area (Å²) in [5.41, 5.74) is -5.46. The predicted octanol–water partition coefficient (Wildman–Crippen LogP) is 3.71. The summed E-state index contributed by atoms with van der Waals surface area (Å²) in [5, 5.41) is 1.83. The van der Waals surface area contributed by atoms with Gasteiger partial charge in [-0.15, -0.1) is 0 Å². The van der Waals surface area contributed by atoms with E-state index in [1.54, 1.807) is 4.98 Å². The van der Waals surface area contributed by atoms with Crippen LogP contribution in [0.3, 0.4) is 0 Å². The summed E-state index contributed by atoms with van der Waals surface area (Å²) in [5.74, 6) is 0. The highest BCUT2D eigenvalue weighted by atomic mass is 35.5. The predicted molar refractivity (Wildman–Crippen MR) is 86.2 cm³/mol. The highest BCUT2D eigenvalue weighted by Crippen LogP contribution is 2.37. The molecule has 0 aliphatic carbocycles. The third kappa shape index (κ3) is 3.39. The molecule has 0 aliphatic rings. The fourth-order valence-corrected chi connectivity index (χ4v) is 3.01. The maximum absolute atomic E-state index is 13.3. The molecule has 0 radical (unpaired) electrons. The van der Waals surface area contributed by atoms with Gasteiger partial charge in [-0.2, -0.15) is 31.4 Å². The molecule has 13 heteroatoms. The molecule has 0 spiro atoms. The van der Waals surface area contributed by atoms with Gasteiger partial charge in [0.25, 0.3) is 5.56 Å². The average molecular weight is 427 g/mol.